The molecule has 0 bridgehead atoms. The Morgan fingerprint density at radius 1 is 0.873 bits per heavy atom. The van der Waals surface area contributed by atoms with Crippen LogP contribution in [0.2, 0.25) is 0 Å². The van der Waals surface area contributed by atoms with E-state index < -0.39 is 26.8 Å². The van der Waals surface area contributed by atoms with Crippen LogP contribution >= 0.6 is 0 Å². The van der Waals surface area contributed by atoms with Crippen LogP contribution in [0, 0.1) is 62.1 Å². The molecule has 5 aliphatic rings. The molecule has 5 saturated carbocycles. The molecule has 1 aromatic carbocycles. The third-order valence-corrected chi connectivity index (χ3v) is 18.0. The molecule has 10 atom stereocenters. The quantitative estimate of drug-likeness (QED) is 0.176. The van der Waals surface area contributed by atoms with Crippen LogP contribution in [-0.2, 0) is 33.9 Å². The van der Waals surface area contributed by atoms with Gasteiger partial charge in [0.25, 0.3) is 10.0 Å². The predicted octanol–water partition coefficient (Wildman–Crippen LogP) is 9.60. The number of amides is 1. The summed E-state index contributed by atoms with van der Waals surface area (Å²) in [6.07, 6.45) is 11.3. The molecule has 0 radical (unpaired) electrons. The van der Waals surface area contributed by atoms with E-state index in [9.17, 15) is 22.8 Å². The van der Waals surface area contributed by atoms with Gasteiger partial charge in [-0.15, -0.1) is 0 Å². The van der Waals surface area contributed by atoms with Gasteiger partial charge >= 0.3 is 11.9 Å². The second kappa shape index (κ2) is 14.5. The normalized spacial score (nSPS) is 37.9. The highest BCUT2D eigenvalue weighted by molar-refractivity contribution is 7.90. The number of allylic oxidation sites excluding steroid dienone is 1. The van der Waals surface area contributed by atoms with Crippen LogP contribution in [0.25, 0.3) is 0 Å². The molecule has 0 spiro atoms. The van der Waals surface area contributed by atoms with Gasteiger partial charge in [0, 0.05) is 11.8 Å². The Morgan fingerprint density at radius 2 is 1.56 bits per heavy atom. The van der Waals surface area contributed by atoms with Crippen LogP contribution in [0.5, 0.6) is 0 Å². The monoisotopic (exact) mass is 777 g/mol. The first-order valence-electron chi connectivity index (χ1n) is 20.8. The number of hydrogen-bond acceptors (Lipinski definition) is 7. The van der Waals surface area contributed by atoms with Crippen molar-refractivity contribution >= 4 is 27.9 Å². The fourth-order valence-corrected chi connectivity index (χ4v) is 14.9. The molecule has 55 heavy (non-hydrogen) atoms. The van der Waals surface area contributed by atoms with Crippen molar-refractivity contribution in [2.75, 3.05) is 6.61 Å². The van der Waals surface area contributed by atoms with Crippen molar-refractivity contribution < 1.29 is 32.3 Å². The molecule has 0 aliphatic heterocycles. The lowest BCUT2D eigenvalue weighted by Gasteiger charge is -2.72. The van der Waals surface area contributed by atoms with Gasteiger partial charge in [-0.05, 0) is 135 Å². The van der Waals surface area contributed by atoms with Crippen molar-refractivity contribution in [3.05, 3.63) is 55.1 Å². The van der Waals surface area contributed by atoms with Gasteiger partial charge in [0.2, 0.25) is 5.91 Å². The maximum Gasteiger partial charge on any atom is 0.312 e. The number of rotatable bonds is 11. The second-order valence-electron chi connectivity index (χ2n) is 20.4. The van der Waals surface area contributed by atoms with Gasteiger partial charge in [0.15, 0.2) is 0 Å². The first-order valence-corrected chi connectivity index (χ1v) is 22.3. The van der Waals surface area contributed by atoms with E-state index in [-0.39, 0.29) is 70.0 Å². The van der Waals surface area contributed by atoms with E-state index in [2.05, 4.69) is 59.4 Å². The Hall–Kier alpha value is -2.94. The van der Waals surface area contributed by atoms with E-state index in [1.807, 2.05) is 0 Å². The van der Waals surface area contributed by atoms with E-state index >= 15 is 0 Å². The van der Waals surface area contributed by atoms with Crippen LogP contribution in [0.1, 0.15) is 132 Å². The second-order valence-corrected chi connectivity index (χ2v) is 22.1. The summed E-state index contributed by atoms with van der Waals surface area (Å²) in [4.78, 5) is 40.4. The third-order valence-electron chi connectivity index (χ3n) is 16.6. The lowest BCUT2D eigenvalue weighted by molar-refractivity contribution is -0.251. The molecule has 9 heteroatoms. The minimum absolute atomic E-state index is 0.00965. The lowest BCUT2D eigenvalue weighted by Crippen LogP contribution is -2.67. The Bertz CT molecular complexity index is 1800. The molecular weight excluding hydrogens is 711 g/mol. The topological polar surface area (TPSA) is 116 Å². The maximum atomic E-state index is 13.9. The number of sulfonamides is 1. The molecule has 0 heterocycles. The number of ether oxygens (including phenoxy) is 2. The molecule has 6 rings (SSSR count). The van der Waals surface area contributed by atoms with Gasteiger partial charge in [-0.1, -0.05) is 91.5 Å². The summed E-state index contributed by atoms with van der Waals surface area (Å²) >= 11 is 0. The number of esters is 2. The summed E-state index contributed by atoms with van der Waals surface area (Å²) in [6.45, 7) is 26.5. The third kappa shape index (κ3) is 6.94. The molecule has 0 aromatic heterocycles. The lowest BCUT2D eigenvalue weighted by atomic mass is 9.32. The molecule has 1 aromatic rings. The highest BCUT2D eigenvalue weighted by atomic mass is 32.2. The fourth-order valence-electron chi connectivity index (χ4n) is 13.9. The minimum Gasteiger partial charge on any atom is -0.462 e. The summed E-state index contributed by atoms with van der Waals surface area (Å²) in [5.41, 5.74) is -0.0181. The highest BCUT2D eigenvalue weighted by Gasteiger charge is 2.72. The number of nitrogens with one attached hydrogen (secondary N) is 1. The minimum atomic E-state index is -4.00. The Labute approximate surface area is 331 Å². The number of carbonyl (C=O) groups is 3. The number of carbonyl (C=O) groups excluding carboxylic acids is 3. The summed E-state index contributed by atoms with van der Waals surface area (Å²) < 4.78 is 39.8. The Kier molecular flexibility index (Phi) is 11.0. The zero-order valence-corrected chi connectivity index (χ0v) is 35.6. The maximum absolute atomic E-state index is 13.9. The summed E-state index contributed by atoms with van der Waals surface area (Å²) in [7, 11) is -4.00. The van der Waals surface area contributed by atoms with Crippen LogP contribution in [-0.4, -0.2) is 39.0 Å². The molecule has 304 valence electrons. The van der Waals surface area contributed by atoms with E-state index in [1.165, 1.54) is 17.7 Å². The largest absolute Gasteiger partial charge is 0.462 e. The molecule has 1 N–H and O–H groups in total. The van der Waals surface area contributed by atoms with Crippen molar-refractivity contribution in [2.24, 2.45) is 62.1 Å². The SMILES string of the molecule is C=CCOC(=O)[C@]12CC[C@@H](C(=C)C)C1[C@H]1CC[C@@H]3[C@@]4(C)CC[C@H](OC(=O)CC(C)(C)CC(=O)NS(=O)(=O)c5ccccc5)C(C)(C)[C@@H]4CC[C@@]3(C)[C@]1(C)CC2. The summed E-state index contributed by atoms with van der Waals surface area (Å²) in [6, 6.07) is 7.79. The molecule has 0 saturated heterocycles. The smallest absolute Gasteiger partial charge is 0.312 e. The molecule has 1 amide bonds. The number of benzene rings is 1. The standard InChI is InChI=1S/C46H67NO7S/c1-11-27-53-40(50)46-24-19-32(30(2)3)39(46)33-17-18-35-43(8)22-21-36(42(6,7)34(43)20-23-45(35,10)44(33,9)25-26-46)54-38(49)29-41(4,5)28-37(48)47-55(51,52)31-15-13-12-14-16-31/h11-16,32-36,39H,1-2,17-29H2,3-10H3,(H,47,48)/t32-,33+,34-,35+,36-,39?,43-,44+,45+,46-/m0/s1. The van der Waals surface area contributed by atoms with Gasteiger partial charge in [-0.2, -0.15) is 0 Å². The zero-order valence-electron chi connectivity index (χ0n) is 34.8. The Morgan fingerprint density at radius 3 is 2.22 bits per heavy atom. The molecule has 5 fully saturated rings. The molecule has 8 nitrogen and oxygen atoms in total. The van der Waals surface area contributed by atoms with Crippen LogP contribution in [0.3, 0.4) is 0 Å². The van der Waals surface area contributed by atoms with Crippen molar-refractivity contribution in [2.45, 2.75) is 143 Å². The van der Waals surface area contributed by atoms with Crippen molar-refractivity contribution in [3.63, 3.8) is 0 Å². The van der Waals surface area contributed by atoms with Crippen molar-refractivity contribution in [1.29, 1.82) is 0 Å². The van der Waals surface area contributed by atoms with E-state index in [0.29, 0.717) is 23.7 Å². The van der Waals surface area contributed by atoms with E-state index in [0.717, 1.165) is 64.2 Å². The van der Waals surface area contributed by atoms with Crippen LogP contribution in [0.4, 0.5) is 0 Å². The number of hydrogen-bond donors (Lipinski definition) is 1. The molecular formula is C46H67NO7S. The van der Waals surface area contributed by atoms with Crippen molar-refractivity contribution in [3.8, 4) is 0 Å². The van der Waals surface area contributed by atoms with E-state index in [1.54, 1.807) is 38.1 Å². The number of fused-ring (bicyclic) bond motifs is 7. The first kappa shape index (κ1) is 41.7. The van der Waals surface area contributed by atoms with Gasteiger partial charge in [0.05, 0.1) is 16.7 Å². The Balaban J connectivity index is 1.15. The fraction of sp³-hybridized carbons (Fsp3) is 0.717. The van der Waals surface area contributed by atoms with E-state index in [4.69, 9.17) is 9.47 Å². The van der Waals surface area contributed by atoms with Crippen LogP contribution < -0.4 is 4.72 Å². The van der Waals surface area contributed by atoms with Gasteiger partial charge in [0.1, 0.15) is 12.7 Å². The molecule has 1 unspecified atom stereocenters. The van der Waals surface area contributed by atoms with Crippen LogP contribution in [0.15, 0.2) is 60.0 Å². The summed E-state index contributed by atoms with van der Waals surface area (Å²) in [5.74, 6) is 0.880. The summed E-state index contributed by atoms with van der Waals surface area (Å²) in [5, 5.41) is 0. The predicted molar refractivity (Wildman–Crippen MR) is 215 cm³/mol. The average Bonchev–Trinajstić information content (AvgIpc) is 3.50. The first-order chi connectivity index (χ1) is 25.6. The van der Waals surface area contributed by atoms with Gasteiger partial charge < -0.3 is 9.47 Å². The highest BCUT2D eigenvalue weighted by Crippen LogP contribution is 2.77. The van der Waals surface area contributed by atoms with Gasteiger partial charge in [-0.25, -0.2) is 13.1 Å². The zero-order chi connectivity index (χ0) is 40.4. The van der Waals surface area contributed by atoms with Crippen molar-refractivity contribution in [1.82, 2.24) is 4.72 Å². The average molecular weight is 778 g/mol. The molecule has 5 aliphatic carbocycles. The van der Waals surface area contributed by atoms with Gasteiger partial charge in [-0.3, -0.25) is 14.4 Å².